The number of anilines is 4. The average molecular weight is 406 g/mol. The Morgan fingerprint density at radius 1 is 1.21 bits per heavy atom. The Balaban J connectivity index is 1.56. The van der Waals surface area contributed by atoms with Crippen LogP contribution in [0.4, 0.5) is 36.3 Å². The van der Waals surface area contributed by atoms with E-state index in [9.17, 15) is 18.0 Å². The lowest BCUT2D eigenvalue weighted by atomic mass is 10.1. The van der Waals surface area contributed by atoms with E-state index in [1.165, 1.54) is 12.3 Å². The number of carbonyl (C=O) groups excluding carboxylic acids is 1. The van der Waals surface area contributed by atoms with Crippen LogP contribution >= 0.6 is 0 Å². The number of aromatic nitrogens is 2. The van der Waals surface area contributed by atoms with Gasteiger partial charge in [0, 0.05) is 25.3 Å². The zero-order valence-corrected chi connectivity index (χ0v) is 15.8. The second kappa shape index (κ2) is 7.51. The number of fused-ring (bicyclic) bond motifs is 2. The second-order valence-corrected chi connectivity index (χ2v) is 7.15. The zero-order chi connectivity index (χ0) is 20.6. The van der Waals surface area contributed by atoms with Gasteiger partial charge in [0.15, 0.2) is 0 Å². The fraction of sp³-hybridized carbons (Fsp3) is 0.421. The van der Waals surface area contributed by atoms with Gasteiger partial charge in [-0.25, -0.2) is 4.98 Å². The molecular weight excluding hydrogens is 385 g/mol. The zero-order valence-electron chi connectivity index (χ0n) is 15.8. The first-order valence-corrected chi connectivity index (χ1v) is 9.49. The maximum Gasteiger partial charge on any atom is 0.416 e. The molecule has 0 bridgehead atoms. The van der Waals surface area contributed by atoms with Gasteiger partial charge in [0.25, 0.3) is 5.91 Å². The largest absolute Gasteiger partial charge is 0.416 e. The third-order valence-electron chi connectivity index (χ3n) is 5.25. The van der Waals surface area contributed by atoms with Crippen molar-refractivity contribution in [3.63, 3.8) is 0 Å². The van der Waals surface area contributed by atoms with Crippen LogP contribution in [0.25, 0.3) is 0 Å². The summed E-state index contributed by atoms with van der Waals surface area (Å²) in [6.45, 7) is 5.15. The number of likely N-dealkylation sites (tertiary alicyclic amines) is 1. The highest BCUT2D eigenvalue weighted by Gasteiger charge is 2.32. The summed E-state index contributed by atoms with van der Waals surface area (Å²) < 4.78 is 38.9. The van der Waals surface area contributed by atoms with Gasteiger partial charge in [-0.05, 0) is 37.6 Å². The molecule has 0 saturated carbocycles. The smallest absolute Gasteiger partial charge is 0.351 e. The molecule has 29 heavy (non-hydrogen) atoms. The number of hydrogen-bond acceptors (Lipinski definition) is 6. The minimum absolute atomic E-state index is 0.0456. The van der Waals surface area contributed by atoms with E-state index >= 15 is 0 Å². The van der Waals surface area contributed by atoms with Crippen LogP contribution in [-0.4, -0.2) is 46.5 Å². The third kappa shape index (κ3) is 4.12. The Kier molecular flexibility index (Phi) is 5.03. The highest BCUT2D eigenvalue weighted by Crippen LogP contribution is 2.37. The minimum Gasteiger partial charge on any atom is -0.351 e. The highest BCUT2D eigenvalue weighted by molar-refractivity contribution is 6.11. The molecule has 2 aliphatic heterocycles. The molecule has 3 heterocycles. The van der Waals surface area contributed by atoms with E-state index < -0.39 is 17.6 Å². The fourth-order valence-corrected chi connectivity index (χ4v) is 3.54. The van der Waals surface area contributed by atoms with Crippen LogP contribution in [0.3, 0.4) is 0 Å². The molecular formula is C19H21F3N6O. The number of nitrogens with one attached hydrogen (secondary N) is 3. The van der Waals surface area contributed by atoms with E-state index in [0.29, 0.717) is 11.6 Å². The minimum atomic E-state index is -4.50. The maximum atomic E-state index is 13.0. The Morgan fingerprint density at radius 3 is 2.66 bits per heavy atom. The molecule has 10 heteroatoms. The van der Waals surface area contributed by atoms with Crippen molar-refractivity contribution in [1.82, 2.24) is 14.9 Å². The van der Waals surface area contributed by atoms with E-state index in [1.807, 2.05) is 0 Å². The molecule has 2 aliphatic rings. The van der Waals surface area contributed by atoms with E-state index in [0.717, 1.165) is 44.6 Å². The number of nitrogens with zero attached hydrogens (tertiary/aromatic N) is 3. The Labute approximate surface area is 165 Å². The molecule has 0 unspecified atom stereocenters. The summed E-state index contributed by atoms with van der Waals surface area (Å²) in [6.07, 6.45) is -1.19. The number of halogens is 3. The number of rotatable bonds is 3. The summed E-state index contributed by atoms with van der Waals surface area (Å²) in [7, 11) is 0. The topological polar surface area (TPSA) is 82.2 Å². The van der Waals surface area contributed by atoms with E-state index in [2.05, 4.69) is 37.7 Å². The summed E-state index contributed by atoms with van der Waals surface area (Å²) in [6, 6.07) is 3.38. The first-order chi connectivity index (χ1) is 13.8. The van der Waals surface area contributed by atoms with E-state index in [4.69, 9.17) is 0 Å². The van der Waals surface area contributed by atoms with Crippen molar-refractivity contribution in [3.05, 3.63) is 35.5 Å². The summed E-state index contributed by atoms with van der Waals surface area (Å²) >= 11 is 0. The van der Waals surface area contributed by atoms with Crippen LogP contribution in [0.15, 0.2) is 24.4 Å². The van der Waals surface area contributed by atoms with Crippen LogP contribution < -0.4 is 16.0 Å². The standard InChI is InChI=1S/C19H21F3N6O/c1-2-28-7-5-12(6-8-28)24-18-23-10-13-16(27-18)25-14-4-3-11(19(20,21)22)9-15(14)26-17(13)29/h3-4,9-10,12H,2,5-8H2,1H3,(H,26,29)(H2,23,24,25,27). The molecule has 0 spiro atoms. The molecule has 0 aliphatic carbocycles. The Bertz CT molecular complexity index is 925. The van der Waals surface area contributed by atoms with Gasteiger partial charge in [-0.1, -0.05) is 6.92 Å². The summed E-state index contributed by atoms with van der Waals surface area (Å²) in [5, 5.41) is 8.75. The fourth-order valence-electron chi connectivity index (χ4n) is 3.54. The molecule has 1 aromatic heterocycles. The SMILES string of the molecule is CCN1CCC(Nc2ncc3c(n2)Nc2ccc(C(F)(F)F)cc2NC3=O)CC1. The van der Waals surface area contributed by atoms with Gasteiger partial charge in [0.05, 0.1) is 16.9 Å². The molecule has 0 radical (unpaired) electrons. The van der Waals surface area contributed by atoms with Crippen LogP contribution in [0.1, 0.15) is 35.7 Å². The van der Waals surface area contributed by atoms with E-state index in [1.54, 1.807) is 0 Å². The van der Waals surface area contributed by atoms with Crippen LogP contribution in [0.5, 0.6) is 0 Å². The van der Waals surface area contributed by atoms with Crippen molar-refractivity contribution in [1.29, 1.82) is 0 Å². The van der Waals surface area contributed by atoms with Gasteiger partial charge < -0.3 is 20.9 Å². The highest BCUT2D eigenvalue weighted by atomic mass is 19.4. The van der Waals surface area contributed by atoms with Crippen molar-refractivity contribution in [3.8, 4) is 0 Å². The van der Waals surface area contributed by atoms with Gasteiger partial charge in [-0.3, -0.25) is 4.79 Å². The van der Waals surface area contributed by atoms with Gasteiger partial charge in [0.2, 0.25) is 5.95 Å². The van der Waals surface area contributed by atoms with Crippen molar-refractivity contribution in [2.75, 3.05) is 35.6 Å². The number of amides is 1. The van der Waals surface area contributed by atoms with Crippen LogP contribution in [0.2, 0.25) is 0 Å². The molecule has 1 saturated heterocycles. The molecule has 0 atom stereocenters. The molecule has 154 valence electrons. The third-order valence-corrected chi connectivity index (χ3v) is 5.25. The number of benzene rings is 1. The quantitative estimate of drug-likeness (QED) is 0.721. The Morgan fingerprint density at radius 2 is 1.97 bits per heavy atom. The summed E-state index contributed by atoms with van der Waals surface area (Å²) in [4.78, 5) is 23.4. The number of hydrogen-bond donors (Lipinski definition) is 3. The van der Waals surface area contributed by atoms with Crippen LogP contribution in [0, 0.1) is 0 Å². The molecule has 4 rings (SSSR count). The average Bonchev–Trinajstić information content (AvgIpc) is 2.82. The van der Waals surface area contributed by atoms with E-state index in [-0.39, 0.29) is 23.1 Å². The predicted molar refractivity (Wildman–Crippen MR) is 103 cm³/mol. The molecule has 1 fully saturated rings. The van der Waals surface area contributed by atoms with Crippen molar-refractivity contribution < 1.29 is 18.0 Å². The van der Waals surface area contributed by atoms with Gasteiger partial charge in [0.1, 0.15) is 11.4 Å². The molecule has 1 aromatic carbocycles. The lowest BCUT2D eigenvalue weighted by Crippen LogP contribution is -2.39. The number of carbonyl (C=O) groups is 1. The molecule has 2 aromatic rings. The summed E-state index contributed by atoms with van der Waals surface area (Å²) in [5.74, 6) is 0.0761. The number of piperidine rings is 1. The number of alkyl halides is 3. The first kappa shape index (κ1) is 19.4. The maximum absolute atomic E-state index is 13.0. The van der Waals surface area contributed by atoms with Crippen molar-refractivity contribution >= 4 is 29.0 Å². The van der Waals surface area contributed by atoms with Gasteiger partial charge in [-0.15, -0.1) is 0 Å². The van der Waals surface area contributed by atoms with Crippen molar-refractivity contribution in [2.24, 2.45) is 0 Å². The second-order valence-electron chi connectivity index (χ2n) is 7.15. The summed E-state index contributed by atoms with van der Waals surface area (Å²) in [5.41, 5.74) is -0.285. The first-order valence-electron chi connectivity index (χ1n) is 9.49. The lowest BCUT2D eigenvalue weighted by Gasteiger charge is -2.31. The van der Waals surface area contributed by atoms with Crippen LogP contribution in [-0.2, 0) is 6.18 Å². The monoisotopic (exact) mass is 406 g/mol. The van der Waals surface area contributed by atoms with Gasteiger partial charge >= 0.3 is 6.18 Å². The Hall–Kier alpha value is -2.88. The predicted octanol–water partition coefficient (Wildman–Crippen LogP) is 3.70. The van der Waals surface area contributed by atoms with Crippen molar-refractivity contribution in [2.45, 2.75) is 32.0 Å². The molecule has 1 amide bonds. The molecule has 7 nitrogen and oxygen atoms in total. The van der Waals surface area contributed by atoms with Gasteiger partial charge in [-0.2, -0.15) is 18.2 Å². The normalized spacial score (nSPS) is 17.6. The lowest BCUT2D eigenvalue weighted by molar-refractivity contribution is -0.137. The molecule has 3 N–H and O–H groups in total.